The SMILES string of the molecule is C=C1CCN1c1nc2ccc(C(O)(c3ccc(Cl)cc3)c3cncn3C)cc2c(Cl)c1Oc1ccc(C#N)cc1. The lowest BCUT2D eigenvalue weighted by Crippen LogP contribution is -2.35. The van der Waals surface area contributed by atoms with E-state index in [1.54, 1.807) is 65.6 Å². The molecule has 1 atom stereocenters. The van der Waals surface area contributed by atoms with Crippen LogP contribution in [0.2, 0.25) is 10.0 Å². The molecule has 0 aliphatic carbocycles. The van der Waals surface area contributed by atoms with E-state index >= 15 is 0 Å². The van der Waals surface area contributed by atoms with Crippen LogP contribution in [0.15, 0.2) is 91.5 Å². The zero-order valence-corrected chi connectivity index (χ0v) is 23.0. The minimum atomic E-state index is -1.56. The monoisotopic (exact) mass is 567 g/mol. The average Bonchev–Trinajstić information content (AvgIpc) is 3.40. The fourth-order valence-corrected chi connectivity index (χ4v) is 5.31. The molecule has 0 amide bonds. The van der Waals surface area contributed by atoms with Gasteiger partial charge in [0.15, 0.2) is 17.2 Å². The van der Waals surface area contributed by atoms with Crippen LogP contribution in [0.25, 0.3) is 10.9 Å². The average molecular weight is 568 g/mol. The van der Waals surface area contributed by atoms with Crippen molar-refractivity contribution in [3.8, 4) is 17.6 Å². The first-order valence-corrected chi connectivity index (χ1v) is 13.3. The molecule has 3 aromatic carbocycles. The molecule has 2 aromatic heterocycles. The Morgan fingerprint density at radius 2 is 1.77 bits per heavy atom. The van der Waals surface area contributed by atoms with Gasteiger partial charge in [-0.1, -0.05) is 48.0 Å². The smallest absolute Gasteiger partial charge is 0.189 e. The molecule has 1 fully saturated rings. The Morgan fingerprint density at radius 3 is 2.38 bits per heavy atom. The number of fused-ring (bicyclic) bond motifs is 1. The molecule has 1 saturated heterocycles. The molecule has 1 aliphatic rings. The lowest BCUT2D eigenvalue weighted by Gasteiger charge is -2.36. The van der Waals surface area contributed by atoms with Crippen LogP contribution < -0.4 is 9.64 Å². The third kappa shape index (κ3) is 4.27. The Kier molecular flexibility index (Phi) is 6.47. The minimum absolute atomic E-state index is 0.342. The second-order valence-corrected chi connectivity index (χ2v) is 10.4. The summed E-state index contributed by atoms with van der Waals surface area (Å²) in [6, 6.07) is 21.5. The highest BCUT2D eigenvalue weighted by Crippen LogP contribution is 2.46. The standard InChI is InChI=1S/C31H23Cl2N5O2/c1-19-13-14-38(19)30-29(40-24-10-3-20(16-34)4-11-24)28(33)25-15-22(7-12-26(25)36-30)31(39,27-17-35-18-37(27)2)21-5-8-23(32)9-6-21/h3-12,15,17-18,39H,1,13-14H2,2H3. The fraction of sp³-hybridized carbons (Fsp3) is 0.129. The summed E-state index contributed by atoms with van der Waals surface area (Å²) in [5.74, 6) is 1.44. The van der Waals surface area contributed by atoms with Crippen LogP contribution in [0.1, 0.15) is 28.8 Å². The Labute approximate surface area is 241 Å². The van der Waals surface area contributed by atoms with Gasteiger partial charge in [0.05, 0.1) is 40.4 Å². The van der Waals surface area contributed by atoms with Crippen molar-refractivity contribution in [3.05, 3.63) is 124 Å². The van der Waals surface area contributed by atoms with Gasteiger partial charge in [0.1, 0.15) is 5.75 Å². The largest absolute Gasteiger partial charge is 0.452 e. The van der Waals surface area contributed by atoms with E-state index in [0.29, 0.717) is 60.6 Å². The lowest BCUT2D eigenvalue weighted by atomic mass is 9.83. The number of hydrogen-bond donors (Lipinski definition) is 1. The first-order valence-electron chi connectivity index (χ1n) is 12.5. The molecular formula is C31H23Cl2N5O2. The van der Waals surface area contributed by atoms with Crippen LogP contribution in [-0.4, -0.2) is 26.2 Å². The zero-order valence-electron chi connectivity index (χ0n) is 21.5. The zero-order chi connectivity index (χ0) is 28.0. The van der Waals surface area contributed by atoms with E-state index in [1.807, 2.05) is 30.1 Å². The van der Waals surface area contributed by atoms with Crippen molar-refractivity contribution in [1.29, 1.82) is 5.26 Å². The summed E-state index contributed by atoms with van der Waals surface area (Å²) in [5, 5.41) is 23.0. The van der Waals surface area contributed by atoms with E-state index in [-0.39, 0.29) is 0 Å². The predicted octanol–water partition coefficient (Wildman–Crippen LogP) is 6.95. The molecule has 9 heteroatoms. The van der Waals surface area contributed by atoms with Gasteiger partial charge in [0, 0.05) is 36.1 Å². The summed E-state index contributed by atoms with van der Waals surface area (Å²) < 4.78 is 8.06. The van der Waals surface area contributed by atoms with Crippen LogP contribution in [0.5, 0.6) is 11.5 Å². The highest BCUT2D eigenvalue weighted by Gasteiger charge is 2.37. The first kappa shape index (κ1) is 25.9. The molecular weight excluding hydrogens is 545 g/mol. The molecule has 3 heterocycles. The number of imidazole rings is 1. The maximum atomic E-state index is 12.4. The van der Waals surface area contributed by atoms with Gasteiger partial charge in [-0.15, -0.1) is 0 Å². The normalized spacial score (nSPS) is 14.5. The topological polar surface area (TPSA) is 87.2 Å². The number of anilines is 1. The van der Waals surface area contributed by atoms with Gasteiger partial charge < -0.3 is 19.3 Å². The second kappa shape index (κ2) is 10.00. The van der Waals surface area contributed by atoms with E-state index in [4.69, 9.17) is 38.2 Å². The molecule has 1 unspecified atom stereocenters. The summed E-state index contributed by atoms with van der Waals surface area (Å²) in [4.78, 5) is 11.1. The quantitative estimate of drug-likeness (QED) is 0.239. The van der Waals surface area contributed by atoms with Gasteiger partial charge in [0.2, 0.25) is 0 Å². The van der Waals surface area contributed by atoms with Crippen LogP contribution in [0.3, 0.4) is 0 Å². The van der Waals surface area contributed by atoms with E-state index in [9.17, 15) is 5.11 Å². The van der Waals surface area contributed by atoms with Gasteiger partial charge in [-0.3, -0.25) is 0 Å². The van der Waals surface area contributed by atoms with Crippen molar-refractivity contribution in [3.63, 3.8) is 0 Å². The van der Waals surface area contributed by atoms with Gasteiger partial charge in [-0.2, -0.15) is 5.26 Å². The van der Waals surface area contributed by atoms with E-state index < -0.39 is 5.60 Å². The van der Waals surface area contributed by atoms with Crippen LogP contribution in [0.4, 0.5) is 5.82 Å². The number of aryl methyl sites for hydroxylation is 1. The number of nitrogens with zero attached hydrogens (tertiary/aromatic N) is 5. The molecule has 0 spiro atoms. The maximum Gasteiger partial charge on any atom is 0.189 e. The lowest BCUT2D eigenvalue weighted by molar-refractivity contribution is 0.117. The Bertz CT molecular complexity index is 1810. The highest BCUT2D eigenvalue weighted by molar-refractivity contribution is 6.37. The van der Waals surface area contributed by atoms with Crippen LogP contribution in [0, 0.1) is 11.3 Å². The number of hydrogen-bond acceptors (Lipinski definition) is 6. The van der Waals surface area contributed by atoms with Crippen molar-refractivity contribution in [2.45, 2.75) is 12.0 Å². The molecule has 198 valence electrons. The van der Waals surface area contributed by atoms with E-state index in [2.05, 4.69) is 17.6 Å². The first-order chi connectivity index (χ1) is 19.3. The molecule has 7 nitrogen and oxygen atoms in total. The molecule has 6 rings (SSSR count). The molecule has 0 radical (unpaired) electrons. The molecule has 1 aliphatic heterocycles. The number of pyridine rings is 1. The number of aliphatic hydroxyl groups is 1. The summed E-state index contributed by atoms with van der Waals surface area (Å²) in [6.45, 7) is 4.86. The molecule has 5 aromatic rings. The van der Waals surface area contributed by atoms with E-state index in [1.165, 1.54) is 0 Å². The predicted molar refractivity (Wildman–Crippen MR) is 156 cm³/mol. The van der Waals surface area contributed by atoms with Gasteiger partial charge in [-0.25, -0.2) is 9.97 Å². The summed E-state index contributed by atoms with van der Waals surface area (Å²) in [7, 11) is 1.83. The fourth-order valence-electron chi connectivity index (χ4n) is 4.91. The molecule has 40 heavy (non-hydrogen) atoms. The minimum Gasteiger partial charge on any atom is -0.452 e. The molecule has 0 saturated carbocycles. The Balaban J connectivity index is 1.55. The maximum absolute atomic E-state index is 12.4. The van der Waals surface area contributed by atoms with Crippen molar-refractivity contribution in [2.75, 3.05) is 11.4 Å². The van der Waals surface area contributed by atoms with Crippen LogP contribution >= 0.6 is 23.2 Å². The van der Waals surface area contributed by atoms with Gasteiger partial charge >= 0.3 is 0 Å². The summed E-state index contributed by atoms with van der Waals surface area (Å²) >= 11 is 13.2. The van der Waals surface area contributed by atoms with Gasteiger partial charge in [0.25, 0.3) is 0 Å². The number of aromatic nitrogens is 3. The Morgan fingerprint density at radius 1 is 1.05 bits per heavy atom. The number of rotatable bonds is 6. The van der Waals surface area contributed by atoms with E-state index in [0.717, 1.165) is 18.7 Å². The van der Waals surface area contributed by atoms with Crippen molar-refractivity contribution >= 4 is 39.9 Å². The number of benzene rings is 3. The Hall–Kier alpha value is -4.35. The van der Waals surface area contributed by atoms with Crippen molar-refractivity contribution in [2.24, 2.45) is 7.05 Å². The molecule has 1 N–H and O–H groups in total. The van der Waals surface area contributed by atoms with Gasteiger partial charge in [-0.05, 0) is 59.7 Å². The van der Waals surface area contributed by atoms with Crippen LogP contribution in [-0.2, 0) is 12.6 Å². The second-order valence-electron chi connectivity index (χ2n) is 9.62. The van der Waals surface area contributed by atoms with Crippen molar-refractivity contribution in [1.82, 2.24) is 14.5 Å². The highest BCUT2D eigenvalue weighted by atomic mass is 35.5. The summed E-state index contributed by atoms with van der Waals surface area (Å²) in [6.07, 6.45) is 4.13. The third-order valence-electron chi connectivity index (χ3n) is 7.19. The summed E-state index contributed by atoms with van der Waals surface area (Å²) in [5.41, 5.74) is 2.27. The number of halogens is 2. The number of ether oxygens (including phenoxy) is 1. The third-order valence-corrected chi connectivity index (χ3v) is 7.82. The van der Waals surface area contributed by atoms with Crippen molar-refractivity contribution < 1.29 is 9.84 Å². The number of nitriles is 1. The molecule has 0 bridgehead atoms.